The summed E-state index contributed by atoms with van der Waals surface area (Å²) in [6.45, 7) is 9.28. The third-order valence-electron chi connectivity index (χ3n) is 7.14. The van der Waals surface area contributed by atoms with Crippen molar-refractivity contribution < 1.29 is 19.1 Å². The second kappa shape index (κ2) is 12.6. The summed E-state index contributed by atoms with van der Waals surface area (Å²) in [7, 11) is 0. The van der Waals surface area contributed by atoms with E-state index in [0.29, 0.717) is 37.2 Å². The fourth-order valence-corrected chi connectivity index (χ4v) is 5.16. The molecule has 2 saturated carbocycles. The highest BCUT2D eigenvalue weighted by Gasteiger charge is 2.45. The summed E-state index contributed by atoms with van der Waals surface area (Å²) >= 11 is 0. The molecule has 174 valence electrons. The van der Waals surface area contributed by atoms with Crippen LogP contribution in [0.2, 0.25) is 0 Å². The van der Waals surface area contributed by atoms with E-state index < -0.39 is 11.6 Å². The Balaban J connectivity index is 1.84. The van der Waals surface area contributed by atoms with Crippen LogP contribution in [0.25, 0.3) is 0 Å². The van der Waals surface area contributed by atoms with E-state index in [1.54, 1.807) is 0 Å². The van der Waals surface area contributed by atoms with Crippen LogP contribution in [-0.4, -0.2) is 30.3 Å². The first-order valence-corrected chi connectivity index (χ1v) is 12.5. The molecule has 0 aromatic rings. The van der Waals surface area contributed by atoms with Crippen LogP contribution in [0.1, 0.15) is 111 Å². The summed E-state index contributed by atoms with van der Waals surface area (Å²) in [6.07, 6.45) is 12.8. The lowest BCUT2D eigenvalue weighted by molar-refractivity contribution is -0.151. The minimum absolute atomic E-state index is 0.0636. The van der Waals surface area contributed by atoms with E-state index in [9.17, 15) is 9.59 Å². The molecular weight excluding hydrogens is 378 g/mol. The predicted octanol–water partition coefficient (Wildman–Crippen LogP) is 6.39. The van der Waals surface area contributed by atoms with Gasteiger partial charge in [-0.1, -0.05) is 79.1 Å². The Morgan fingerprint density at radius 3 is 2.37 bits per heavy atom. The van der Waals surface area contributed by atoms with E-state index in [2.05, 4.69) is 33.0 Å². The molecule has 2 rings (SSSR count). The van der Waals surface area contributed by atoms with E-state index >= 15 is 0 Å². The van der Waals surface area contributed by atoms with Gasteiger partial charge in [0.1, 0.15) is 11.6 Å². The van der Waals surface area contributed by atoms with Crippen molar-refractivity contribution in [2.75, 3.05) is 6.61 Å². The molecule has 0 spiro atoms. The number of nitrogens with one attached hydrogen (secondary N) is 1. The first-order chi connectivity index (χ1) is 14.4. The minimum Gasteiger partial charge on any atom is -0.464 e. The summed E-state index contributed by atoms with van der Waals surface area (Å²) < 4.78 is 11.5. The van der Waals surface area contributed by atoms with Crippen molar-refractivity contribution in [2.24, 2.45) is 17.8 Å². The van der Waals surface area contributed by atoms with Gasteiger partial charge in [-0.05, 0) is 49.9 Å². The monoisotopic (exact) mass is 423 g/mol. The second-order valence-corrected chi connectivity index (χ2v) is 10.1. The maximum Gasteiger partial charge on any atom is 0.408 e. The van der Waals surface area contributed by atoms with Gasteiger partial charge >= 0.3 is 12.1 Å². The number of rotatable bonds is 11. The van der Waals surface area contributed by atoms with Gasteiger partial charge in [0.05, 0.1) is 6.61 Å². The molecule has 1 N–H and O–H groups in total. The molecule has 0 aliphatic heterocycles. The number of esters is 1. The van der Waals surface area contributed by atoms with Crippen LogP contribution in [0.3, 0.4) is 0 Å². The fourth-order valence-electron chi connectivity index (χ4n) is 5.16. The number of unbranched alkanes of at least 4 members (excludes halogenated alkanes) is 5. The maximum atomic E-state index is 12.9. The van der Waals surface area contributed by atoms with Crippen molar-refractivity contribution >= 4 is 12.1 Å². The van der Waals surface area contributed by atoms with Crippen LogP contribution >= 0.6 is 0 Å². The van der Waals surface area contributed by atoms with Gasteiger partial charge in [0.15, 0.2) is 0 Å². The summed E-state index contributed by atoms with van der Waals surface area (Å²) in [4.78, 5) is 25.6. The maximum absolute atomic E-state index is 12.9. The van der Waals surface area contributed by atoms with Crippen molar-refractivity contribution in [2.45, 2.75) is 123 Å². The molecule has 0 saturated heterocycles. The molecular formula is C25H45NO4. The molecule has 2 fully saturated rings. The number of ether oxygens (including phenoxy) is 2. The van der Waals surface area contributed by atoms with Crippen LogP contribution in [0.5, 0.6) is 0 Å². The summed E-state index contributed by atoms with van der Waals surface area (Å²) in [5.41, 5.74) is -0.896. The van der Waals surface area contributed by atoms with Crippen LogP contribution in [0.4, 0.5) is 4.79 Å². The molecule has 2 aliphatic rings. The SMILES string of the molecule is CCCCCCCCOC(=O)C1(NC(=O)OC2CC(C)CCC2C(C)C)CCCC1. The second-order valence-electron chi connectivity index (χ2n) is 10.1. The van der Waals surface area contributed by atoms with Crippen molar-refractivity contribution in [3.05, 3.63) is 0 Å². The number of amides is 1. The third kappa shape index (κ3) is 7.46. The highest BCUT2D eigenvalue weighted by Crippen LogP contribution is 2.36. The lowest BCUT2D eigenvalue weighted by atomic mass is 9.75. The predicted molar refractivity (Wildman–Crippen MR) is 120 cm³/mol. The van der Waals surface area contributed by atoms with Gasteiger partial charge in [0.2, 0.25) is 0 Å². The van der Waals surface area contributed by atoms with Crippen molar-refractivity contribution in [3.63, 3.8) is 0 Å². The minimum atomic E-state index is -0.896. The van der Waals surface area contributed by atoms with Crippen LogP contribution in [-0.2, 0) is 14.3 Å². The Kier molecular flexibility index (Phi) is 10.5. The Morgan fingerprint density at radius 1 is 1.03 bits per heavy atom. The zero-order valence-electron chi connectivity index (χ0n) is 19.8. The molecule has 3 atom stereocenters. The normalized spacial score (nSPS) is 25.8. The number of carbonyl (C=O) groups is 2. The zero-order chi connectivity index (χ0) is 22.0. The molecule has 1 amide bonds. The van der Waals surface area contributed by atoms with Crippen molar-refractivity contribution in [1.29, 1.82) is 0 Å². The average Bonchev–Trinajstić information content (AvgIpc) is 3.16. The highest BCUT2D eigenvalue weighted by atomic mass is 16.6. The van der Waals surface area contributed by atoms with Crippen molar-refractivity contribution in [1.82, 2.24) is 5.32 Å². The quantitative estimate of drug-likeness (QED) is 0.309. The lowest BCUT2D eigenvalue weighted by Crippen LogP contribution is -2.54. The Hall–Kier alpha value is -1.26. The molecule has 0 aromatic heterocycles. The van der Waals surface area contributed by atoms with Gasteiger partial charge in [-0.3, -0.25) is 0 Å². The Labute approximate surface area is 184 Å². The molecule has 5 nitrogen and oxygen atoms in total. The summed E-state index contributed by atoms with van der Waals surface area (Å²) in [5.74, 6) is 1.17. The number of hydrogen-bond acceptors (Lipinski definition) is 4. The van der Waals surface area contributed by atoms with Gasteiger partial charge in [0.25, 0.3) is 0 Å². The Bertz CT molecular complexity index is 527. The number of carbonyl (C=O) groups excluding carboxylic acids is 2. The third-order valence-corrected chi connectivity index (χ3v) is 7.14. The van der Waals surface area contributed by atoms with Crippen LogP contribution < -0.4 is 5.32 Å². The molecule has 0 aromatic carbocycles. The summed E-state index contributed by atoms with van der Waals surface area (Å²) in [6, 6.07) is 0. The smallest absolute Gasteiger partial charge is 0.408 e. The van der Waals surface area contributed by atoms with Gasteiger partial charge < -0.3 is 14.8 Å². The molecule has 0 radical (unpaired) electrons. The average molecular weight is 424 g/mol. The molecule has 0 heterocycles. The van der Waals surface area contributed by atoms with Crippen LogP contribution in [0.15, 0.2) is 0 Å². The number of hydrogen-bond donors (Lipinski definition) is 1. The van der Waals surface area contributed by atoms with E-state index in [4.69, 9.17) is 9.47 Å². The molecule has 0 bridgehead atoms. The molecule has 3 unspecified atom stereocenters. The zero-order valence-corrected chi connectivity index (χ0v) is 19.8. The van der Waals surface area contributed by atoms with E-state index in [1.807, 2.05) is 0 Å². The van der Waals surface area contributed by atoms with E-state index in [-0.39, 0.29) is 12.1 Å². The topological polar surface area (TPSA) is 64.6 Å². The lowest BCUT2D eigenvalue weighted by Gasteiger charge is -2.37. The van der Waals surface area contributed by atoms with E-state index in [1.165, 1.54) is 32.1 Å². The first kappa shape index (κ1) is 25.0. The Morgan fingerprint density at radius 2 is 1.70 bits per heavy atom. The number of alkyl carbamates (subject to hydrolysis) is 1. The van der Waals surface area contributed by atoms with Gasteiger partial charge in [-0.2, -0.15) is 0 Å². The van der Waals surface area contributed by atoms with Crippen molar-refractivity contribution in [3.8, 4) is 0 Å². The largest absolute Gasteiger partial charge is 0.464 e. The molecule has 5 heteroatoms. The molecule has 30 heavy (non-hydrogen) atoms. The highest BCUT2D eigenvalue weighted by molar-refractivity contribution is 5.86. The standard InChI is InChI=1S/C25H45NO4/c1-5-6-7-8-9-12-17-29-23(27)25(15-10-11-16-25)26-24(28)30-22-18-20(4)13-14-21(22)19(2)3/h19-22H,5-18H2,1-4H3,(H,26,28). The van der Waals surface area contributed by atoms with E-state index in [0.717, 1.165) is 38.5 Å². The fraction of sp³-hybridized carbons (Fsp3) is 0.920. The van der Waals surface area contributed by atoms with Gasteiger partial charge in [0, 0.05) is 0 Å². The molecule has 2 aliphatic carbocycles. The van der Waals surface area contributed by atoms with Gasteiger partial charge in [-0.15, -0.1) is 0 Å². The first-order valence-electron chi connectivity index (χ1n) is 12.5. The van der Waals surface area contributed by atoms with Crippen LogP contribution in [0, 0.1) is 17.8 Å². The van der Waals surface area contributed by atoms with Gasteiger partial charge in [-0.25, -0.2) is 9.59 Å². The summed E-state index contributed by atoms with van der Waals surface area (Å²) in [5, 5.41) is 2.95.